The van der Waals surface area contributed by atoms with Gasteiger partial charge in [0.25, 0.3) is 11.8 Å². The number of nitrogens with zero attached hydrogens (tertiary/aromatic N) is 3. The maximum Gasteiger partial charge on any atom is 0.258 e. The Hall–Kier alpha value is -2.54. The molecule has 7 heteroatoms. The fourth-order valence-electron chi connectivity index (χ4n) is 3.25. The van der Waals surface area contributed by atoms with E-state index in [1.54, 1.807) is 17.4 Å². The monoisotopic (exact) mass is 396 g/mol. The van der Waals surface area contributed by atoms with Crippen LogP contribution in [0.2, 0.25) is 0 Å². The zero-order chi connectivity index (χ0) is 19.7. The molecule has 0 spiro atoms. The van der Waals surface area contributed by atoms with Gasteiger partial charge in [-0.1, -0.05) is 44.5 Å². The summed E-state index contributed by atoms with van der Waals surface area (Å²) >= 11 is 1.59. The van der Waals surface area contributed by atoms with Gasteiger partial charge in [0.1, 0.15) is 0 Å². The highest BCUT2D eigenvalue weighted by atomic mass is 32.1. The normalized spacial score (nSPS) is 14.4. The molecule has 0 atom stereocenters. The van der Waals surface area contributed by atoms with E-state index < -0.39 is 0 Å². The topological polar surface area (TPSA) is 80.9 Å². The summed E-state index contributed by atoms with van der Waals surface area (Å²) in [4.78, 5) is 23.4. The van der Waals surface area contributed by atoms with Gasteiger partial charge >= 0.3 is 0 Å². The number of anilines is 1. The van der Waals surface area contributed by atoms with Crippen LogP contribution in [0.4, 0.5) is 5.13 Å². The van der Waals surface area contributed by atoms with E-state index in [0.29, 0.717) is 28.0 Å². The predicted molar refractivity (Wildman–Crippen MR) is 110 cm³/mol. The molecule has 0 unspecified atom stereocenters. The van der Waals surface area contributed by atoms with Gasteiger partial charge in [-0.15, -0.1) is 11.3 Å². The van der Waals surface area contributed by atoms with Gasteiger partial charge in [0, 0.05) is 10.3 Å². The van der Waals surface area contributed by atoms with Crippen LogP contribution in [-0.2, 0) is 18.3 Å². The van der Waals surface area contributed by atoms with Crippen molar-refractivity contribution in [2.24, 2.45) is 0 Å². The Balaban J connectivity index is 1.60. The van der Waals surface area contributed by atoms with Crippen LogP contribution in [0.25, 0.3) is 11.5 Å². The van der Waals surface area contributed by atoms with Crippen LogP contribution in [0, 0.1) is 0 Å². The van der Waals surface area contributed by atoms with Crippen molar-refractivity contribution in [3.63, 3.8) is 0 Å². The summed E-state index contributed by atoms with van der Waals surface area (Å²) in [7, 11) is 0. The lowest BCUT2D eigenvalue weighted by Crippen LogP contribution is -2.14. The minimum Gasteiger partial charge on any atom is -0.334 e. The number of aromatic nitrogens is 3. The fraction of sp³-hybridized carbons (Fsp3) is 0.429. The number of benzene rings is 1. The van der Waals surface area contributed by atoms with E-state index in [1.807, 2.05) is 39.0 Å². The summed E-state index contributed by atoms with van der Waals surface area (Å²) in [5.41, 5.74) is 2.04. The lowest BCUT2D eigenvalue weighted by molar-refractivity contribution is 0.102. The Bertz CT molecular complexity index is 977. The highest BCUT2D eigenvalue weighted by Gasteiger charge is 2.24. The molecule has 0 saturated heterocycles. The van der Waals surface area contributed by atoms with Crippen LogP contribution >= 0.6 is 11.3 Å². The molecule has 146 valence electrons. The Morgan fingerprint density at radius 2 is 1.89 bits per heavy atom. The molecule has 2 heterocycles. The second kappa shape index (κ2) is 7.47. The van der Waals surface area contributed by atoms with E-state index in [-0.39, 0.29) is 11.3 Å². The highest BCUT2D eigenvalue weighted by Crippen LogP contribution is 2.30. The third-order valence-electron chi connectivity index (χ3n) is 4.82. The lowest BCUT2D eigenvalue weighted by Gasteiger charge is -2.11. The molecule has 0 fully saturated rings. The molecule has 28 heavy (non-hydrogen) atoms. The standard InChI is InChI=1S/C21H24N4O2S/c1-21(2,3)19-24-18(27-25-19)14-10-8-7-9-13(14)17(26)23-20-22-15-11-5-4-6-12-16(15)28-20/h7-10H,4-6,11-12H2,1-3H3,(H,22,23,26). The minimum atomic E-state index is -0.225. The number of hydrogen-bond acceptors (Lipinski definition) is 6. The molecule has 3 aromatic rings. The lowest BCUT2D eigenvalue weighted by atomic mass is 9.96. The van der Waals surface area contributed by atoms with Crippen molar-refractivity contribution < 1.29 is 9.32 Å². The molecular weight excluding hydrogens is 372 g/mol. The number of rotatable bonds is 3. The molecule has 1 N–H and O–H groups in total. The van der Waals surface area contributed by atoms with Gasteiger partial charge in [-0.05, 0) is 37.8 Å². The largest absolute Gasteiger partial charge is 0.334 e. The second-order valence-corrected chi connectivity index (χ2v) is 9.21. The van der Waals surface area contributed by atoms with Gasteiger partial charge in [-0.25, -0.2) is 4.98 Å². The minimum absolute atomic E-state index is 0.213. The predicted octanol–water partition coefficient (Wildman–Crippen LogP) is 5.01. The maximum atomic E-state index is 13.0. The zero-order valence-corrected chi connectivity index (χ0v) is 17.2. The van der Waals surface area contributed by atoms with Crippen molar-refractivity contribution in [3.8, 4) is 11.5 Å². The number of aryl methyl sites for hydroxylation is 2. The van der Waals surface area contributed by atoms with Gasteiger partial charge < -0.3 is 4.52 Å². The van der Waals surface area contributed by atoms with Crippen LogP contribution in [-0.4, -0.2) is 21.0 Å². The average Bonchev–Trinajstić information content (AvgIpc) is 3.24. The molecule has 1 amide bonds. The van der Waals surface area contributed by atoms with Gasteiger partial charge in [-0.2, -0.15) is 4.98 Å². The summed E-state index contributed by atoms with van der Waals surface area (Å²) in [6.07, 6.45) is 5.66. The number of carbonyl (C=O) groups excluding carboxylic acids is 1. The van der Waals surface area contributed by atoms with Gasteiger partial charge in [0.05, 0.1) is 16.8 Å². The zero-order valence-electron chi connectivity index (χ0n) is 16.4. The molecular formula is C21H24N4O2S. The molecule has 0 saturated carbocycles. The van der Waals surface area contributed by atoms with E-state index >= 15 is 0 Å². The number of hydrogen-bond donors (Lipinski definition) is 1. The first kappa shape index (κ1) is 18.8. The molecule has 0 radical (unpaired) electrons. The summed E-state index contributed by atoms with van der Waals surface area (Å²) in [5, 5.41) is 7.69. The van der Waals surface area contributed by atoms with E-state index in [0.717, 1.165) is 18.5 Å². The van der Waals surface area contributed by atoms with Crippen LogP contribution in [0.5, 0.6) is 0 Å². The van der Waals surface area contributed by atoms with Crippen LogP contribution in [0.1, 0.15) is 66.8 Å². The Morgan fingerprint density at radius 1 is 1.11 bits per heavy atom. The summed E-state index contributed by atoms with van der Waals surface area (Å²) < 4.78 is 5.44. The number of carbonyl (C=O) groups is 1. The van der Waals surface area contributed by atoms with Gasteiger partial charge in [-0.3, -0.25) is 10.1 Å². The van der Waals surface area contributed by atoms with E-state index in [4.69, 9.17) is 4.52 Å². The quantitative estimate of drug-likeness (QED) is 0.629. The Morgan fingerprint density at radius 3 is 2.68 bits per heavy atom. The molecule has 0 aliphatic heterocycles. The van der Waals surface area contributed by atoms with Crippen molar-refractivity contribution in [3.05, 3.63) is 46.2 Å². The Kier molecular flexibility index (Phi) is 5.02. The fourth-order valence-corrected chi connectivity index (χ4v) is 4.30. The molecule has 6 nitrogen and oxygen atoms in total. The number of amides is 1. The Labute approximate surface area is 168 Å². The number of thiazole rings is 1. The van der Waals surface area contributed by atoms with Crippen molar-refractivity contribution in [2.45, 2.75) is 58.3 Å². The van der Waals surface area contributed by atoms with Crippen LogP contribution < -0.4 is 5.32 Å². The summed E-state index contributed by atoms with van der Waals surface area (Å²) in [6.45, 7) is 6.06. The van der Waals surface area contributed by atoms with Gasteiger partial charge in [0.15, 0.2) is 11.0 Å². The first-order valence-electron chi connectivity index (χ1n) is 9.65. The second-order valence-electron chi connectivity index (χ2n) is 8.12. The summed E-state index contributed by atoms with van der Waals surface area (Å²) in [6, 6.07) is 7.28. The molecule has 4 rings (SSSR count). The smallest absolute Gasteiger partial charge is 0.258 e. The SMILES string of the molecule is CC(C)(C)c1noc(-c2ccccc2C(=O)Nc2nc3c(s2)CCCCC3)n1. The van der Waals surface area contributed by atoms with Crippen molar-refractivity contribution in [2.75, 3.05) is 5.32 Å². The molecule has 1 aromatic carbocycles. The third-order valence-corrected chi connectivity index (χ3v) is 5.89. The van der Waals surface area contributed by atoms with Gasteiger partial charge in [0.2, 0.25) is 0 Å². The third kappa shape index (κ3) is 3.85. The average molecular weight is 397 g/mol. The van der Waals surface area contributed by atoms with E-state index in [1.165, 1.54) is 24.1 Å². The first-order chi connectivity index (χ1) is 13.4. The molecule has 1 aliphatic carbocycles. The maximum absolute atomic E-state index is 13.0. The van der Waals surface area contributed by atoms with Crippen LogP contribution in [0.15, 0.2) is 28.8 Å². The van der Waals surface area contributed by atoms with Crippen molar-refractivity contribution >= 4 is 22.4 Å². The van der Waals surface area contributed by atoms with E-state index in [2.05, 4.69) is 20.4 Å². The molecule has 1 aliphatic rings. The number of nitrogens with one attached hydrogen (secondary N) is 1. The highest BCUT2D eigenvalue weighted by molar-refractivity contribution is 7.15. The van der Waals surface area contributed by atoms with E-state index in [9.17, 15) is 4.79 Å². The summed E-state index contributed by atoms with van der Waals surface area (Å²) in [5.74, 6) is 0.752. The first-order valence-corrected chi connectivity index (χ1v) is 10.5. The molecule has 0 bridgehead atoms. The van der Waals surface area contributed by atoms with Crippen molar-refractivity contribution in [1.29, 1.82) is 0 Å². The molecule has 2 aromatic heterocycles. The van der Waals surface area contributed by atoms with Crippen molar-refractivity contribution in [1.82, 2.24) is 15.1 Å². The van der Waals surface area contributed by atoms with Crippen LogP contribution in [0.3, 0.4) is 0 Å². The number of fused-ring (bicyclic) bond motifs is 1.